The molecule has 1 saturated heterocycles. The first-order valence-electron chi connectivity index (χ1n) is 8.71. The van der Waals surface area contributed by atoms with Gasteiger partial charge in [0.15, 0.2) is 0 Å². The Morgan fingerprint density at radius 1 is 1.14 bits per heavy atom. The minimum Gasteiger partial charge on any atom is -0.313 e. The number of piperidine rings is 1. The fourth-order valence-electron chi connectivity index (χ4n) is 3.41. The lowest BCUT2D eigenvalue weighted by Gasteiger charge is -2.33. The molecule has 0 saturated carbocycles. The van der Waals surface area contributed by atoms with Gasteiger partial charge in [-0.15, -0.1) is 0 Å². The lowest BCUT2D eigenvalue weighted by molar-refractivity contribution is 0.195. The minimum atomic E-state index is 0.625. The largest absolute Gasteiger partial charge is 0.313 e. The molecule has 0 aromatic heterocycles. The maximum Gasteiger partial charge on any atom is 0.00916 e. The summed E-state index contributed by atoms with van der Waals surface area (Å²) in [4.78, 5) is 2.61. The fourth-order valence-corrected chi connectivity index (χ4v) is 3.41. The first-order chi connectivity index (χ1) is 10.2. The van der Waals surface area contributed by atoms with Gasteiger partial charge in [0.05, 0.1) is 0 Å². The molecule has 2 rings (SSSR count). The Bertz CT molecular complexity index is 380. The molecule has 1 unspecified atom stereocenters. The summed E-state index contributed by atoms with van der Waals surface area (Å²) < 4.78 is 0. The van der Waals surface area contributed by atoms with Crippen molar-refractivity contribution in [1.82, 2.24) is 10.2 Å². The zero-order valence-corrected chi connectivity index (χ0v) is 14.0. The number of benzene rings is 1. The topological polar surface area (TPSA) is 15.3 Å². The zero-order chi connectivity index (χ0) is 15.1. The summed E-state index contributed by atoms with van der Waals surface area (Å²) in [6.07, 6.45) is 3.89. The molecule has 0 amide bonds. The van der Waals surface area contributed by atoms with E-state index in [0.29, 0.717) is 17.9 Å². The number of likely N-dealkylation sites (tertiary alicyclic amines) is 1. The Morgan fingerprint density at radius 2 is 1.81 bits per heavy atom. The molecule has 118 valence electrons. The highest BCUT2D eigenvalue weighted by Gasteiger charge is 2.21. The molecular formula is C19H32N2. The molecule has 1 heterocycles. The van der Waals surface area contributed by atoms with Crippen LogP contribution < -0.4 is 5.32 Å². The Labute approximate surface area is 130 Å². The van der Waals surface area contributed by atoms with Gasteiger partial charge < -0.3 is 10.2 Å². The summed E-state index contributed by atoms with van der Waals surface area (Å²) >= 11 is 0. The van der Waals surface area contributed by atoms with E-state index >= 15 is 0 Å². The van der Waals surface area contributed by atoms with E-state index < -0.39 is 0 Å². The van der Waals surface area contributed by atoms with Gasteiger partial charge in [-0.3, -0.25) is 0 Å². The standard InChI is InChI=1S/C19H32N2/c1-4-12-21-13-10-18(11-14-21)20-15-19(16(2)3)17-8-6-5-7-9-17/h5-9,16,18-20H,4,10-15H2,1-3H3. The van der Waals surface area contributed by atoms with Gasteiger partial charge in [-0.05, 0) is 56.3 Å². The van der Waals surface area contributed by atoms with E-state index in [4.69, 9.17) is 0 Å². The predicted octanol–water partition coefficient (Wildman–Crippen LogP) is 3.89. The Hall–Kier alpha value is -0.860. The lowest BCUT2D eigenvalue weighted by Crippen LogP contribution is -2.44. The van der Waals surface area contributed by atoms with Crippen molar-refractivity contribution in [2.24, 2.45) is 5.92 Å². The van der Waals surface area contributed by atoms with Gasteiger partial charge in [0.1, 0.15) is 0 Å². The number of hydrogen-bond acceptors (Lipinski definition) is 2. The maximum atomic E-state index is 3.84. The van der Waals surface area contributed by atoms with Crippen molar-refractivity contribution in [2.45, 2.75) is 52.0 Å². The molecule has 21 heavy (non-hydrogen) atoms. The molecule has 0 radical (unpaired) electrons. The van der Waals surface area contributed by atoms with Crippen molar-refractivity contribution in [2.75, 3.05) is 26.2 Å². The van der Waals surface area contributed by atoms with Crippen LogP contribution in [0.25, 0.3) is 0 Å². The first kappa shape index (κ1) is 16.5. The average molecular weight is 288 g/mol. The highest BCUT2D eigenvalue weighted by Crippen LogP contribution is 2.24. The molecule has 0 spiro atoms. The van der Waals surface area contributed by atoms with Crippen LogP contribution in [0.15, 0.2) is 30.3 Å². The van der Waals surface area contributed by atoms with Crippen LogP contribution in [0.1, 0.15) is 51.5 Å². The minimum absolute atomic E-state index is 0.625. The molecule has 1 N–H and O–H groups in total. The lowest BCUT2D eigenvalue weighted by atomic mass is 9.88. The molecule has 0 aliphatic carbocycles. The maximum absolute atomic E-state index is 3.84. The van der Waals surface area contributed by atoms with Crippen molar-refractivity contribution in [3.05, 3.63) is 35.9 Å². The van der Waals surface area contributed by atoms with Gasteiger partial charge in [-0.25, -0.2) is 0 Å². The van der Waals surface area contributed by atoms with Gasteiger partial charge in [-0.1, -0.05) is 51.1 Å². The van der Waals surface area contributed by atoms with E-state index in [1.165, 1.54) is 44.5 Å². The molecule has 1 aromatic rings. The Morgan fingerprint density at radius 3 is 2.38 bits per heavy atom. The van der Waals surface area contributed by atoms with Crippen molar-refractivity contribution in [3.8, 4) is 0 Å². The smallest absolute Gasteiger partial charge is 0.00916 e. The van der Waals surface area contributed by atoms with Gasteiger partial charge in [-0.2, -0.15) is 0 Å². The van der Waals surface area contributed by atoms with Crippen molar-refractivity contribution in [3.63, 3.8) is 0 Å². The summed E-state index contributed by atoms with van der Waals surface area (Å²) in [6, 6.07) is 11.7. The second-order valence-electron chi connectivity index (χ2n) is 6.79. The molecular weight excluding hydrogens is 256 g/mol. The summed E-state index contributed by atoms with van der Waals surface area (Å²) in [6.45, 7) is 11.9. The number of nitrogens with one attached hydrogen (secondary N) is 1. The molecule has 1 aliphatic heterocycles. The summed E-state index contributed by atoms with van der Waals surface area (Å²) in [5.41, 5.74) is 1.48. The fraction of sp³-hybridized carbons (Fsp3) is 0.684. The third-order valence-corrected chi connectivity index (χ3v) is 4.79. The van der Waals surface area contributed by atoms with Crippen LogP contribution in [0, 0.1) is 5.92 Å². The molecule has 2 heteroatoms. The number of nitrogens with zero attached hydrogens (tertiary/aromatic N) is 1. The van der Waals surface area contributed by atoms with E-state index in [1.54, 1.807) is 0 Å². The van der Waals surface area contributed by atoms with Crippen LogP contribution in [0.3, 0.4) is 0 Å². The van der Waals surface area contributed by atoms with Crippen molar-refractivity contribution in [1.29, 1.82) is 0 Å². The number of hydrogen-bond donors (Lipinski definition) is 1. The summed E-state index contributed by atoms with van der Waals surface area (Å²) in [5.74, 6) is 1.31. The quantitative estimate of drug-likeness (QED) is 0.819. The third-order valence-electron chi connectivity index (χ3n) is 4.79. The van der Waals surface area contributed by atoms with Gasteiger partial charge in [0, 0.05) is 12.6 Å². The van der Waals surface area contributed by atoms with Crippen molar-refractivity contribution < 1.29 is 0 Å². The first-order valence-corrected chi connectivity index (χ1v) is 8.71. The molecule has 1 fully saturated rings. The highest BCUT2D eigenvalue weighted by atomic mass is 15.1. The molecule has 1 aromatic carbocycles. The van der Waals surface area contributed by atoms with Crippen LogP contribution in [0.5, 0.6) is 0 Å². The van der Waals surface area contributed by atoms with E-state index in [2.05, 4.69) is 61.3 Å². The zero-order valence-electron chi connectivity index (χ0n) is 14.0. The van der Waals surface area contributed by atoms with E-state index in [1.807, 2.05) is 0 Å². The molecule has 1 aliphatic rings. The normalized spacial score (nSPS) is 19.0. The highest BCUT2D eigenvalue weighted by molar-refractivity contribution is 5.20. The Kier molecular flexibility index (Phi) is 6.72. The summed E-state index contributed by atoms with van der Waals surface area (Å²) in [7, 11) is 0. The average Bonchev–Trinajstić information content (AvgIpc) is 2.50. The Balaban J connectivity index is 1.81. The van der Waals surface area contributed by atoms with Crippen LogP contribution in [-0.2, 0) is 0 Å². The monoisotopic (exact) mass is 288 g/mol. The number of rotatable bonds is 7. The van der Waals surface area contributed by atoms with E-state index in [0.717, 1.165) is 6.54 Å². The molecule has 0 bridgehead atoms. The van der Waals surface area contributed by atoms with E-state index in [9.17, 15) is 0 Å². The van der Waals surface area contributed by atoms with Gasteiger partial charge in [0.2, 0.25) is 0 Å². The van der Waals surface area contributed by atoms with E-state index in [-0.39, 0.29) is 0 Å². The van der Waals surface area contributed by atoms with Crippen LogP contribution >= 0.6 is 0 Å². The van der Waals surface area contributed by atoms with Gasteiger partial charge >= 0.3 is 0 Å². The second-order valence-corrected chi connectivity index (χ2v) is 6.79. The SMILES string of the molecule is CCCN1CCC(NCC(c2ccccc2)C(C)C)CC1. The second kappa shape index (κ2) is 8.55. The van der Waals surface area contributed by atoms with Crippen LogP contribution in [0.4, 0.5) is 0 Å². The molecule has 1 atom stereocenters. The molecule has 2 nitrogen and oxygen atoms in total. The third kappa shape index (κ3) is 5.12. The van der Waals surface area contributed by atoms with Gasteiger partial charge in [0.25, 0.3) is 0 Å². The van der Waals surface area contributed by atoms with Crippen LogP contribution in [-0.4, -0.2) is 37.1 Å². The van der Waals surface area contributed by atoms with Crippen LogP contribution in [0.2, 0.25) is 0 Å². The van der Waals surface area contributed by atoms with Crippen molar-refractivity contribution >= 4 is 0 Å². The summed E-state index contributed by atoms with van der Waals surface area (Å²) in [5, 5.41) is 3.84. The predicted molar refractivity (Wildman–Crippen MR) is 91.8 cm³/mol.